The third-order valence-electron chi connectivity index (χ3n) is 6.76. The smallest absolute Gasteiger partial charge is 0.303 e. The number of carboxylic acid groups (broad SMARTS) is 1. The molecule has 5 aromatic rings. The summed E-state index contributed by atoms with van der Waals surface area (Å²) in [7, 11) is 2.11. The standard InChI is InChI=1S/C33H30BrN3O3/c1-37(20-23-5-3-2-4-6-23)21-24-9-15-27(16-10-24)35-32(25-12-7-22(8-13-25)11-18-30(38)39)31-28-17-14-26(34)19-29(28)36-33(31)40/h2-10,12-17,19,36,40H,11,18,20-21H2,1H3,(H,38,39). The molecule has 0 amide bonds. The number of aliphatic carboxylic acids is 1. The number of nitrogens with zero attached hydrogens (tertiary/aromatic N) is 2. The number of aliphatic imine (C=N–C) groups is 1. The number of rotatable bonds is 10. The molecule has 3 N–H and O–H groups in total. The van der Waals surface area contributed by atoms with Crippen molar-refractivity contribution in [2.24, 2.45) is 4.99 Å². The highest BCUT2D eigenvalue weighted by Crippen LogP contribution is 2.33. The molecule has 0 unspecified atom stereocenters. The average Bonchev–Trinajstić information content (AvgIpc) is 3.26. The minimum absolute atomic E-state index is 0.0426. The van der Waals surface area contributed by atoms with Gasteiger partial charge in [-0.2, -0.15) is 0 Å². The Morgan fingerprint density at radius 1 is 0.875 bits per heavy atom. The molecule has 5 rings (SSSR count). The maximum atomic E-state index is 11.0. The number of aryl methyl sites for hydroxylation is 1. The van der Waals surface area contributed by atoms with Gasteiger partial charge in [-0.3, -0.25) is 9.69 Å². The number of nitrogens with one attached hydrogen (secondary N) is 1. The Labute approximate surface area is 241 Å². The molecule has 0 aliphatic rings. The third kappa shape index (κ3) is 6.68. The maximum absolute atomic E-state index is 11.0. The van der Waals surface area contributed by atoms with E-state index in [2.05, 4.69) is 69.3 Å². The van der Waals surface area contributed by atoms with Crippen LogP contribution in [-0.4, -0.2) is 38.8 Å². The summed E-state index contributed by atoms with van der Waals surface area (Å²) in [5.41, 5.74) is 7.02. The summed E-state index contributed by atoms with van der Waals surface area (Å²) in [6.07, 6.45) is 0.528. The molecule has 0 bridgehead atoms. The molecule has 0 saturated carbocycles. The summed E-state index contributed by atoms with van der Waals surface area (Å²) in [6, 6.07) is 32.1. The average molecular weight is 597 g/mol. The summed E-state index contributed by atoms with van der Waals surface area (Å²) in [5, 5.41) is 20.9. The second-order valence-electron chi connectivity index (χ2n) is 9.91. The van der Waals surface area contributed by atoms with Crippen LogP contribution in [-0.2, 0) is 24.3 Å². The highest BCUT2D eigenvalue weighted by molar-refractivity contribution is 9.10. The highest BCUT2D eigenvalue weighted by Gasteiger charge is 2.19. The molecular weight excluding hydrogens is 566 g/mol. The molecule has 1 aromatic heterocycles. The van der Waals surface area contributed by atoms with Gasteiger partial charge in [0, 0.05) is 34.9 Å². The van der Waals surface area contributed by atoms with Gasteiger partial charge in [-0.15, -0.1) is 0 Å². The van der Waals surface area contributed by atoms with Crippen molar-refractivity contribution < 1.29 is 15.0 Å². The van der Waals surface area contributed by atoms with Gasteiger partial charge in [0.25, 0.3) is 0 Å². The van der Waals surface area contributed by atoms with E-state index < -0.39 is 5.97 Å². The Bertz CT molecular complexity index is 1640. The van der Waals surface area contributed by atoms with Gasteiger partial charge < -0.3 is 15.2 Å². The van der Waals surface area contributed by atoms with Crippen molar-refractivity contribution in [2.45, 2.75) is 25.9 Å². The van der Waals surface area contributed by atoms with E-state index in [1.165, 1.54) is 11.1 Å². The van der Waals surface area contributed by atoms with E-state index in [9.17, 15) is 9.90 Å². The van der Waals surface area contributed by atoms with Crippen molar-refractivity contribution in [1.82, 2.24) is 9.88 Å². The minimum atomic E-state index is -0.823. The van der Waals surface area contributed by atoms with E-state index in [-0.39, 0.29) is 12.3 Å². The lowest BCUT2D eigenvalue weighted by molar-refractivity contribution is -0.136. The van der Waals surface area contributed by atoms with E-state index in [0.717, 1.165) is 45.3 Å². The fraction of sp³-hybridized carbons (Fsp3) is 0.152. The first-order chi connectivity index (χ1) is 19.4. The van der Waals surface area contributed by atoms with E-state index >= 15 is 0 Å². The van der Waals surface area contributed by atoms with Gasteiger partial charge in [0.1, 0.15) is 0 Å². The Kier molecular flexibility index (Phi) is 8.43. The number of aromatic hydroxyl groups is 1. The Hall–Kier alpha value is -4.20. The number of hydrogen-bond donors (Lipinski definition) is 3. The first-order valence-electron chi connectivity index (χ1n) is 13.1. The molecule has 6 nitrogen and oxygen atoms in total. The molecule has 40 heavy (non-hydrogen) atoms. The van der Waals surface area contributed by atoms with Gasteiger partial charge in [-0.25, -0.2) is 4.99 Å². The molecule has 0 atom stereocenters. The summed E-state index contributed by atoms with van der Waals surface area (Å²) in [6.45, 7) is 1.67. The van der Waals surface area contributed by atoms with Crippen LogP contribution in [0.15, 0.2) is 107 Å². The second-order valence-corrected chi connectivity index (χ2v) is 10.8. The SMILES string of the molecule is CN(Cc1ccccc1)Cc1ccc(N=C(c2ccc(CCC(=O)O)cc2)c2c(O)[nH]c3cc(Br)ccc23)cc1. The molecule has 0 aliphatic heterocycles. The Morgan fingerprint density at radius 3 is 2.20 bits per heavy atom. The number of hydrogen-bond acceptors (Lipinski definition) is 4. The summed E-state index contributed by atoms with van der Waals surface area (Å²) >= 11 is 3.50. The lowest BCUT2D eigenvalue weighted by Crippen LogP contribution is -2.17. The van der Waals surface area contributed by atoms with Gasteiger partial charge in [0.2, 0.25) is 0 Å². The van der Waals surface area contributed by atoms with Crippen LogP contribution in [0.4, 0.5) is 5.69 Å². The molecule has 0 fully saturated rings. The zero-order chi connectivity index (χ0) is 28.1. The number of aromatic nitrogens is 1. The molecule has 4 aromatic carbocycles. The number of benzene rings is 4. The molecule has 0 aliphatic carbocycles. The zero-order valence-corrected chi connectivity index (χ0v) is 23.7. The quantitative estimate of drug-likeness (QED) is 0.146. The van der Waals surface area contributed by atoms with Crippen LogP contribution >= 0.6 is 15.9 Å². The molecular formula is C33H30BrN3O3. The molecule has 0 saturated heterocycles. The number of carbonyl (C=O) groups is 1. The van der Waals surface area contributed by atoms with Crippen molar-refractivity contribution in [1.29, 1.82) is 0 Å². The first kappa shape index (κ1) is 27.4. The van der Waals surface area contributed by atoms with E-state index in [4.69, 9.17) is 10.1 Å². The topological polar surface area (TPSA) is 88.9 Å². The molecule has 0 radical (unpaired) electrons. The fourth-order valence-electron chi connectivity index (χ4n) is 4.81. The van der Waals surface area contributed by atoms with E-state index in [1.54, 1.807) is 0 Å². The fourth-order valence-corrected chi connectivity index (χ4v) is 5.17. The number of carboxylic acids is 1. The van der Waals surface area contributed by atoms with Gasteiger partial charge >= 0.3 is 5.97 Å². The summed E-state index contributed by atoms with van der Waals surface area (Å²) < 4.78 is 0.905. The van der Waals surface area contributed by atoms with Crippen LogP contribution in [0.5, 0.6) is 5.88 Å². The third-order valence-corrected chi connectivity index (χ3v) is 7.25. The maximum Gasteiger partial charge on any atom is 0.303 e. The van der Waals surface area contributed by atoms with Gasteiger partial charge in [0.15, 0.2) is 5.88 Å². The van der Waals surface area contributed by atoms with E-state index in [0.29, 0.717) is 17.7 Å². The predicted octanol–water partition coefficient (Wildman–Crippen LogP) is 7.45. The van der Waals surface area contributed by atoms with Crippen LogP contribution in [0.2, 0.25) is 0 Å². The number of halogens is 1. The lowest BCUT2D eigenvalue weighted by Gasteiger charge is -2.17. The minimum Gasteiger partial charge on any atom is -0.494 e. The highest BCUT2D eigenvalue weighted by atomic mass is 79.9. The number of fused-ring (bicyclic) bond motifs is 1. The normalized spacial score (nSPS) is 11.8. The molecule has 202 valence electrons. The van der Waals surface area contributed by atoms with Gasteiger partial charge in [0.05, 0.1) is 22.5 Å². The number of aromatic amines is 1. The zero-order valence-electron chi connectivity index (χ0n) is 22.1. The van der Waals surface area contributed by atoms with Crippen molar-refractivity contribution in [3.8, 4) is 5.88 Å². The first-order valence-corrected chi connectivity index (χ1v) is 13.9. The Morgan fingerprint density at radius 2 is 1.52 bits per heavy atom. The van der Waals surface area contributed by atoms with Crippen LogP contribution in [0.1, 0.15) is 34.2 Å². The molecule has 0 spiro atoms. The van der Waals surface area contributed by atoms with Crippen molar-refractivity contribution >= 4 is 44.2 Å². The summed E-state index contributed by atoms with van der Waals surface area (Å²) in [5.74, 6) is -0.781. The van der Waals surface area contributed by atoms with E-state index in [1.807, 2.05) is 60.7 Å². The van der Waals surface area contributed by atoms with Crippen LogP contribution in [0.3, 0.4) is 0 Å². The lowest BCUT2D eigenvalue weighted by atomic mass is 9.98. The van der Waals surface area contributed by atoms with Crippen LogP contribution < -0.4 is 0 Å². The van der Waals surface area contributed by atoms with Crippen molar-refractivity contribution in [2.75, 3.05) is 7.05 Å². The monoisotopic (exact) mass is 595 g/mol. The largest absolute Gasteiger partial charge is 0.494 e. The number of H-pyrrole nitrogens is 1. The molecule has 7 heteroatoms. The van der Waals surface area contributed by atoms with Gasteiger partial charge in [-0.05, 0) is 54.4 Å². The Balaban J connectivity index is 1.46. The van der Waals surface area contributed by atoms with Crippen molar-refractivity contribution in [3.05, 3.63) is 129 Å². The summed E-state index contributed by atoms with van der Waals surface area (Å²) in [4.78, 5) is 21.4. The van der Waals surface area contributed by atoms with Crippen molar-refractivity contribution in [3.63, 3.8) is 0 Å². The van der Waals surface area contributed by atoms with Crippen LogP contribution in [0.25, 0.3) is 10.9 Å². The predicted molar refractivity (Wildman–Crippen MR) is 163 cm³/mol. The second kappa shape index (κ2) is 12.3. The molecule has 1 heterocycles. The van der Waals surface area contributed by atoms with Gasteiger partial charge in [-0.1, -0.05) is 88.7 Å². The van der Waals surface area contributed by atoms with Crippen LogP contribution in [0, 0.1) is 0 Å².